The van der Waals surface area contributed by atoms with Crippen molar-refractivity contribution in [3.8, 4) is 5.75 Å². The third kappa shape index (κ3) is 2.83. The Morgan fingerprint density at radius 3 is 3.07 bits per heavy atom. The Balaban J connectivity index is 1.95. The van der Waals surface area contributed by atoms with E-state index in [-0.39, 0.29) is 5.60 Å². The van der Waals surface area contributed by atoms with Crippen molar-refractivity contribution in [3.63, 3.8) is 0 Å². The first kappa shape index (κ1) is 10.2. The highest BCUT2D eigenvalue weighted by molar-refractivity contribution is 5.29. The standard InChI is InChI=1S/C13H16O2/c1-3-5-11-6-4-7-12(8-11)14-9-13(2)10-15-13/h3-4,6-8H,1,5,9-10H2,2H3. The fourth-order valence-corrected chi connectivity index (χ4v) is 1.37. The Hall–Kier alpha value is -1.28. The van der Waals surface area contributed by atoms with E-state index in [0.29, 0.717) is 6.61 Å². The number of ether oxygens (including phenoxy) is 2. The summed E-state index contributed by atoms with van der Waals surface area (Å²) in [4.78, 5) is 0. The minimum atomic E-state index is -0.0472. The Labute approximate surface area is 90.5 Å². The molecule has 2 rings (SSSR count). The highest BCUT2D eigenvalue weighted by Gasteiger charge is 2.40. The van der Waals surface area contributed by atoms with Crippen molar-refractivity contribution in [1.29, 1.82) is 0 Å². The molecule has 0 bridgehead atoms. The van der Waals surface area contributed by atoms with Gasteiger partial charge >= 0.3 is 0 Å². The van der Waals surface area contributed by atoms with Gasteiger partial charge in [0.25, 0.3) is 0 Å². The predicted octanol–water partition coefficient (Wildman–Crippen LogP) is 2.58. The van der Waals surface area contributed by atoms with Crippen molar-refractivity contribution in [1.82, 2.24) is 0 Å². The van der Waals surface area contributed by atoms with Crippen LogP contribution in [-0.4, -0.2) is 18.8 Å². The summed E-state index contributed by atoms with van der Waals surface area (Å²) in [6, 6.07) is 8.10. The number of allylic oxidation sites excluding steroid dienone is 1. The minimum Gasteiger partial charge on any atom is -0.490 e. The highest BCUT2D eigenvalue weighted by atomic mass is 16.6. The summed E-state index contributed by atoms with van der Waals surface area (Å²) in [5, 5.41) is 0. The summed E-state index contributed by atoms with van der Waals surface area (Å²) in [6.45, 7) is 7.21. The van der Waals surface area contributed by atoms with Crippen molar-refractivity contribution < 1.29 is 9.47 Å². The van der Waals surface area contributed by atoms with Crippen LogP contribution in [0.2, 0.25) is 0 Å². The molecule has 1 aromatic rings. The molecule has 80 valence electrons. The van der Waals surface area contributed by atoms with E-state index >= 15 is 0 Å². The number of hydrogen-bond donors (Lipinski definition) is 0. The molecular weight excluding hydrogens is 188 g/mol. The molecule has 1 fully saturated rings. The van der Waals surface area contributed by atoms with Gasteiger partial charge in [0.1, 0.15) is 18.0 Å². The van der Waals surface area contributed by atoms with Gasteiger partial charge in [-0.15, -0.1) is 6.58 Å². The van der Waals surface area contributed by atoms with Crippen molar-refractivity contribution in [3.05, 3.63) is 42.5 Å². The van der Waals surface area contributed by atoms with Crippen molar-refractivity contribution >= 4 is 0 Å². The van der Waals surface area contributed by atoms with E-state index in [9.17, 15) is 0 Å². The lowest BCUT2D eigenvalue weighted by Crippen LogP contribution is -2.16. The molecule has 2 heteroatoms. The smallest absolute Gasteiger partial charge is 0.123 e. The Bertz CT molecular complexity index is 353. The molecule has 15 heavy (non-hydrogen) atoms. The molecule has 1 aliphatic heterocycles. The summed E-state index contributed by atoms with van der Waals surface area (Å²) in [5.41, 5.74) is 1.18. The number of epoxide rings is 1. The Kier molecular flexibility index (Phi) is 2.78. The van der Waals surface area contributed by atoms with Crippen LogP contribution in [0.1, 0.15) is 12.5 Å². The zero-order valence-corrected chi connectivity index (χ0v) is 9.03. The van der Waals surface area contributed by atoms with Crippen LogP contribution in [0.15, 0.2) is 36.9 Å². The molecule has 2 nitrogen and oxygen atoms in total. The van der Waals surface area contributed by atoms with Gasteiger partial charge in [0.15, 0.2) is 0 Å². The van der Waals surface area contributed by atoms with E-state index < -0.39 is 0 Å². The molecule has 1 aromatic carbocycles. The molecular formula is C13H16O2. The molecule has 1 saturated heterocycles. The van der Waals surface area contributed by atoms with Crippen LogP contribution in [-0.2, 0) is 11.2 Å². The minimum absolute atomic E-state index is 0.0472. The third-order valence-electron chi connectivity index (χ3n) is 2.46. The number of hydrogen-bond acceptors (Lipinski definition) is 2. The first-order chi connectivity index (χ1) is 7.22. The molecule has 0 aromatic heterocycles. The molecule has 0 saturated carbocycles. The van der Waals surface area contributed by atoms with Gasteiger partial charge in [0.05, 0.1) is 6.61 Å². The van der Waals surface area contributed by atoms with Crippen molar-refractivity contribution in [2.45, 2.75) is 18.9 Å². The molecule has 1 heterocycles. The third-order valence-corrected chi connectivity index (χ3v) is 2.46. The normalized spacial score (nSPS) is 23.5. The van der Waals surface area contributed by atoms with E-state index in [1.165, 1.54) is 5.56 Å². The lowest BCUT2D eigenvalue weighted by Gasteiger charge is -2.09. The van der Waals surface area contributed by atoms with Gasteiger partial charge < -0.3 is 9.47 Å². The van der Waals surface area contributed by atoms with Crippen molar-refractivity contribution in [2.75, 3.05) is 13.2 Å². The molecule has 1 atom stereocenters. The first-order valence-corrected chi connectivity index (χ1v) is 5.18. The van der Waals surface area contributed by atoms with Crippen molar-refractivity contribution in [2.24, 2.45) is 0 Å². The summed E-state index contributed by atoms with van der Waals surface area (Å²) in [5.74, 6) is 0.908. The van der Waals surface area contributed by atoms with E-state index in [4.69, 9.17) is 9.47 Å². The molecule has 0 radical (unpaired) electrons. The molecule has 0 aliphatic carbocycles. The fraction of sp³-hybridized carbons (Fsp3) is 0.385. The first-order valence-electron chi connectivity index (χ1n) is 5.18. The maximum absolute atomic E-state index is 5.66. The lowest BCUT2D eigenvalue weighted by atomic mass is 10.1. The van der Waals surface area contributed by atoms with Gasteiger partial charge in [-0.05, 0) is 31.0 Å². The van der Waals surface area contributed by atoms with Gasteiger partial charge in [0.2, 0.25) is 0 Å². The van der Waals surface area contributed by atoms with Crippen LogP contribution in [0.25, 0.3) is 0 Å². The second-order valence-corrected chi connectivity index (χ2v) is 4.17. The number of rotatable bonds is 5. The monoisotopic (exact) mass is 204 g/mol. The summed E-state index contributed by atoms with van der Waals surface area (Å²) < 4.78 is 10.9. The average molecular weight is 204 g/mol. The second kappa shape index (κ2) is 4.07. The molecule has 1 aliphatic rings. The van der Waals surface area contributed by atoms with Gasteiger partial charge in [-0.1, -0.05) is 18.2 Å². The number of benzene rings is 1. The van der Waals surface area contributed by atoms with Gasteiger partial charge in [-0.3, -0.25) is 0 Å². The lowest BCUT2D eigenvalue weighted by molar-refractivity contribution is 0.202. The largest absolute Gasteiger partial charge is 0.490 e. The van der Waals surface area contributed by atoms with Gasteiger partial charge in [0, 0.05) is 0 Å². The summed E-state index contributed by atoms with van der Waals surface area (Å²) in [6.07, 6.45) is 2.77. The molecule has 0 spiro atoms. The molecule has 1 unspecified atom stereocenters. The average Bonchev–Trinajstić information content (AvgIpc) is 2.96. The van der Waals surface area contributed by atoms with Crippen LogP contribution in [0.3, 0.4) is 0 Å². The predicted molar refractivity (Wildman–Crippen MR) is 60.2 cm³/mol. The molecule has 0 N–H and O–H groups in total. The zero-order chi connectivity index (χ0) is 10.7. The van der Waals surface area contributed by atoms with Crippen LogP contribution in [0.4, 0.5) is 0 Å². The van der Waals surface area contributed by atoms with E-state index in [1.807, 2.05) is 24.3 Å². The van der Waals surface area contributed by atoms with Crippen LogP contribution in [0.5, 0.6) is 5.75 Å². The summed E-state index contributed by atoms with van der Waals surface area (Å²) in [7, 11) is 0. The van der Waals surface area contributed by atoms with Gasteiger partial charge in [-0.25, -0.2) is 0 Å². The quantitative estimate of drug-likeness (QED) is 0.543. The Morgan fingerprint density at radius 1 is 1.60 bits per heavy atom. The maximum atomic E-state index is 5.66. The fourth-order valence-electron chi connectivity index (χ4n) is 1.37. The Morgan fingerprint density at radius 2 is 2.40 bits per heavy atom. The van der Waals surface area contributed by atoms with E-state index in [0.717, 1.165) is 18.8 Å². The van der Waals surface area contributed by atoms with Crippen LogP contribution in [0, 0.1) is 0 Å². The second-order valence-electron chi connectivity index (χ2n) is 4.17. The molecule has 0 amide bonds. The van der Waals surface area contributed by atoms with E-state index in [2.05, 4.69) is 19.6 Å². The van der Waals surface area contributed by atoms with Crippen LogP contribution >= 0.6 is 0 Å². The summed E-state index contributed by atoms with van der Waals surface area (Å²) >= 11 is 0. The topological polar surface area (TPSA) is 21.8 Å². The highest BCUT2D eigenvalue weighted by Crippen LogP contribution is 2.27. The van der Waals surface area contributed by atoms with E-state index in [1.54, 1.807) is 0 Å². The SMILES string of the molecule is C=CCc1cccc(OCC2(C)CO2)c1. The zero-order valence-electron chi connectivity index (χ0n) is 9.03. The maximum Gasteiger partial charge on any atom is 0.123 e. The van der Waals surface area contributed by atoms with Crippen LogP contribution < -0.4 is 4.74 Å². The van der Waals surface area contributed by atoms with Gasteiger partial charge in [-0.2, -0.15) is 0 Å².